The third-order valence-corrected chi connectivity index (χ3v) is 7.98. The summed E-state index contributed by atoms with van der Waals surface area (Å²) in [5.41, 5.74) is 3.61. The van der Waals surface area contributed by atoms with Crippen LogP contribution in [0.4, 0.5) is 10.1 Å². The molecule has 1 aliphatic rings. The number of hydrogen-bond donors (Lipinski definition) is 0. The number of hydrogen-bond acceptors (Lipinski definition) is 6. The zero-order valence-electron chi connectivity index (χ0n) is 21.2. The number of anilines is 1. The molecule has 8 nitrogen and oxygen atoms in total. The molecule has 0 spiro atoms. The van der Waals surface area contributed by atoms with Crippen molar-refractivity contribution in [1.29, 1.82) is 5.26 Å². The molecule has 1 saturated heterocycles. The Labute approximate surface area is 254 Å². The van der Waals surface area contributed by atoms with Gasteiger partial charge >= 0.3 is 0 Å². The molecule has 1 aromatic heterocycles. The molecule has 0 bridgehead atoms. The Balaban J connectivity index is 0.00000267. The fourth-order valence-electron chi connectivity index (χ4n) is 4.45. The van der Waals surface area contributed by atoms with Gasteiger partial charge in [0.05, 0.1) is 36.0 Å². The van der Waals surface area contributed by atoms with E-state index in [1.165, 1.54) is 6.26 Å². The van der Waals surface area contributed by atoms with Crippen LogP contribution in [-0.2, 0) is 34.4 Å². The molecule has 1 amide bonds. The number of nitriles is 1. The highest BCUT2D eigenvalue weighted by Gasteiger charge is 2.34. The second-order valence-corrected chi connectivity index (χ2v) is 12.8. The fourth-order valence-corrected chi connectivity index (χ4v) is 5.87. The van der Waals surface area contributed by atoms with Gasteiger partial charge in [-0.15, -0.1) is 24.8 Å². The first kappa shape index (κ1) is 33.0. The monoisotopic (exact) mass is 707 g/mol. The highest BCUT2D eigenvalue weighted by Crippen LogP contribution is 2.27. The number of amides is 1. The number of alkyl halides is 1. The molecule has 1 aliphatic heterocycles. The van der Waals surface area contributed by atoms with Gasteiger partial charge in [0, 0.05) is 47.4 Å². The first-order chi connectivity index (χ1) is 17.6. The van der Waals surface area contributed by atoms with Crippen LogP contribution in [0.15, 0.2) is 55.0 Å². The predicted molar refractivity (Wildman–Crippen MR) is 162 cm³/mol. The smallest absolute Gasteiger partial charge is 0.241 e. The van der Waals surface area contributed by atoms with Gasteiger partial charge in [0.25, 0.3) is 0 Å². The highest BCUT2D eigenvalue weighted by atomic mass is 127. The van der Waals surface area contributed by atoms with Crippen molar-refractivity contribution >= 4 is 68.8 Å². The van der Waals surface area contributed by atoms with Gasteiger partial charge in [0.1, 0.15) is 16.5 Å². The maximum absolute atomic E-state index is 13.4. The van der Waals surface area contributed by atoms with Gasteiger partial charge in [-0.1, -0.05) is 12.1 Å². The van der Waals surface area contributed by atoms with E-state index < -0.39 is 16.5 Å². The summed E-state index contributed by atoms with van der Waals surface area (Å²) in [6.45, 7) is 0.763. The van der Waals surface area contributed by atoms with Gasteiger partial charge in [-0.25, -0.2) is 17.8 Å². The van der Waals surface area contributed by atoms with Gasteiger partial charge in [0.2, 0.25) is 5.91 Å². The van der Waals surface area contributed by atoms with E-state index in [9.17, 15) is 17.6 Å². The number of aromatic nitrogens is 2. The van der Waals surface area contributed by atoms with Crippen molar-refractivity contribution in [3.05, 3.63) is 80.9 Å². The van der Waals surface area contributed by atoms with Crippen molar-refractivity contribution in [2.75, 3.05) is 30.0 Å². The molecule has 1 fully saturated rings. The van der Waals surface area contributed by atoms with Crippen LogP contribution in [0.5, 0.6) is 0 Å². The number of nitrogens with zero attached hydrogens (tertiary/aromatic N) is 5. The van der Waals surface area contributed by atoms with Crippen LogP contribution in [-0.4, -0.2) is 59.9 Å². The molecule has 13 heteroatoms. The zero-order valence-corrected chi connectivity index (χ0v) is 25.8. The van der Waals surface area contributed by atoms with Crippen molar-refractivity contribution in [2.45, 2.75) is 32.2 Å². The third-order valence-electron chi connectivity index (χ3n) is 6.38. The lowest BCUT2D eigenvalue weighted by Gasteiger charge is -2.41. The van der Waals surface area contributed by atoms with Crippen molar-refractivity contribution in [3.8, 4) is 6.07 Å². The van der Waals surface area contributed by atoms with Crippen LogP contribution < -0.4 is 4.90 Å². The maximum atomic E-state index is 13.4. The second kappa shape index (κ2) is 14.4. The minimum Gasteiger partial charge on any atom is -0.329 e. The molecular formula is C26H29Cl2FIN5O3S. The van der Waals surface area contributed by atoms with E-state index in [4.69, 9.17) is 5.26 Å². The molecule has 210 valence electrons. The van der Waals surface area contributed by atoms with Gasteiger partial charge in [-0.05, 0) is 70.5 Å². The number of piperazine rings is 1. The molecule has 0 N–H and O–H groups in total. The first-order valence-corrected chi connectivity index (χ1v) is 14.8. The summed E-state index contributed by atoms with van der Waals surface area (Å²) in [6.07, 6.45) is 5.05. The van der Waals surface area contributed by atoms with Crippen LogP contribution >= 0.6 is 47.4 Å². The Bertz CT molecular complexity index is 1430. The standard InChI is InChI=1S/C26H27FIN5O3S.2ClH/c1-37(35,36)7-6-23-16-33(24-9-21(11-27)8-22(28)10-24)26(34)17-31(23)15-25-13-30-18-32(25)14-20-4-2-19(12-29)3-5-20;;/h2-5,8-10,13,18,23H,6-7,11,14-17H2,1H3;2*1H/t23-;;/m0../s1. The summed E-state index contributed by atoms with van der Waals surface area (Å²) in [5, 5.41) is 9.03. The second-order valence-electron chi connectivity index (χ2n) is 9.25. The number of benzene rings is 2. The largest absolute Gasteiger partial charge is 0.329 e. The molecule has 1 atom stereocenters. The number of sulfone groups is 1. The number of halogens is 4. The highest BCUT2D eigenvalue weighted by molar-refractivity contribution is 14.1. The molecular weight excluding hydrogens is 679 g/mol. The van der Waals surface area contributed by atoms with Crippen molar-refractivity contribution in [2.24, 2.45) is 0 Å². The van der Waals surface area contributed by atoms with Crippen LogP contribution in [0, 0.1) is 14.9 Å². The zero-order chi connectivity index (χ0) is 26.6. The molecule has 3 aromatic rings. The lowest BCUT2D eigenvalue weighted by Crippen LogP contribution is -2.56. The van der Waals surface area contributed by atoms with Crippen molar-refractivity contribution in [1.82, 2.24) is 14.5 Å². The van der Waals surface area contributed by atoms with Crippen LogP contribution in [0.1, 0.15) is 28.8 Å². The van der Waals surface area contributed by atoms with Gasteiger partial charge in [-0.2, -0.15) is 5.26 Å². The Morgan fingerprint density at radius 1 is 1.13 bits per heavy atom. The Kier molecular flexibility index (Phi) is 12.2. The molecule has 0 saturated carbocycles. The molecule has 4 rings (SSSR count). The van der Waals surface area contributed by atoms with E-state index in [-0.39, 0.29) is 49.1 Å². The summed E-state index contributed by atoms with van der Waals surface area (Å²) < 4.78 is 40.1. The van der Waals surface area contributed by atoms with E-state index in [0.717, 1.165) is 14.8 Å². The van der Waals surface area contributed by atoms with Gasteiger partial charge < -0.3 is 9.47 Å². The van der Waals surface area contributed by atoms with Gasteiger partial charge in [0.15, 0.2) is 0 Å². The quantitative estimate of drug-likeness (QED) is 0.307. The Morgan fingerprint density at radius 3 is 2.49 bits per heavy atom. The van der Waals surface area contributed by atoms with E-state index in [1.807, 2.05) is 27.7 Å². The SMILES string of the molecule is CS(=O)(=O)CC[C@H]1CN(c2cc(I)cc(CF)c2)C(=O)CN1Cc1cncn1Cc1ccc(C#N)cc1.Cl.Cl. The van der Waals surface area contributed by atoms with Crippen LogP contribution in [0.2, 0.25) is 0 Å². The fraction of sp³-hybridized carbons (Fsp3) is 0.346. The Hall–Kier alpha value is -2.24. The Morgan fingerprint density at radius 2 is 1.85 bits per heavy atom. The maximum Gasteiger partial charge on any atom is 0.241 e. The molecule has 39 heavy (non-hydrogen) atoms. The number of imidazole rings is 1. The molecule has 0 unspecified atom stereocenters. The third kappa shape index (κ3) is 8.88. The van der Waals surface area contributed by atoms with E-state index in [0.29, 0.717) is 42.9 Å². The summed E-state index contributed by atoms with van der Waals surface area (Å²) in [6, 6.07) is 14.5. The minimum absolute atomic E-state index is 0. The lowest BCUT2D eigenvalue weighted by molar-refractivity contribution is -0.122. The normalized spacial score (nSPS) is 15.8. The topological polar surface area (TPSA) is 99.3 Å². The minimum atomic E-state index is -3.20. The van der Waals surface area contributed by atoms with E-state index >= 15 is 0 Å². The molecule has 0 aliphatic carbocycles. The average molecular weight is 708 g/mol. The lowest BCUT2D eigenvalue weighted by atomic mass is 10.1. The number of carbonyl (C=O) groups is 1. The summed E-state index contributed by atoms with van der Waals surface area (Å²) in [5.74, 6) is -0.122. The van der Waals surface area contributed by atoms with Crippen LogP contribution in [0.25, 0.3) is 0 Å². The molecule has 2 heterocycles. The molecule has 2 aromatic carbocycles. The first-order valence-electron chi connectivity index (χ1n) is 11.7. The van der Waals surface area contributed by atoms with Crippen molar-refractivity contribution < 1.29 is 17.6 Å². The van der Waals surface area contributed by atoms with Gasteiger partial charge in [-0.3, -0.25) is 9.69 Å². The predicted octanol–water partition coefficient (Wildman–Crippen LogP) is 4.37. The molecule has 0 radical (unpaired) electrons. The average Bonchev–Trinajstić information content (AvgIpc) is 3.29. The summed E-state index contributed by atoms with van der Waals surface area (Å²) in [4.78, 5) is 21.2. The van der Waals surface area contributed by atoms with Crippen LogP contribution in [0.3, 0.4) is 0 Å². The van der Waals surface area contributed by atoms with Crippen molar-refractivity contribution in [3.63, 3.8) is 0 Å². The number of carbonyl (C=O) groups excluding carboxylic acids is 1. The summed E-state index contributed by atoms with van der Waals surface area (Å²) in [7, 11) is -3.20. The number of rotatable bonds is 9. The van der Waals surface area contributed by atoms with E-state index in [2.05, 4.69) is 33.6 Å². The summed E-state index contributed by atoms with van der Waals surface area (Å²) >= 11 is 2.10. The van der Waals surface area contributed by atoms with E-state index in [1.54, 1.807) is 41.7 Å².